The van der Waals surface area contributed by atoms with Crippen LogP contribution in [-0.4, -0.2) is 29.2 Å². The number of anilines is 2. The topological polar surface area (TPSA) is 50.3 Å². The van der Waals surface area contributed by atoms with Gasteiger partial charge in [-0.15, -0.1) is 0 Å². The standard InChI is InChI=1S/C17H20N4O/c1-2-5-14-10-21(9-13(14)4-1)17-8-16(18-12-19-17)20-15-6-3-7-22-11-15/h1-2,4-5,8,12,15H,3,6-7,9-11H2,(H,18,19,20)/t15-/m1/s1. The first kappa shape index (κ1) is 13.5. The number of nitrogens with one attached hydrogen (secondary N) is 1. The van der Waals surface area contributed by atoms with E-state index in [4.69, 9.17) is 4.74 Å². The van der Waals surface area contributed by atoms with Crippen LogP contribution in [0.15, 0.2) is 36.7 Å². The van der Waals surface area contributed by atoms with E-state index >= 15 is 0 Å². The van der Waals surface area contributed by atoms with Crippen LogP contribution in [0.5, 0.6) is 0 Å². The molecule has 114 valence electrons. The van der Waals surface area contributed by atoms with Gasteiger partial charge < -0.3 is 15.0 Å². The van der Waals surface area contributed by atoms with E-state index in [1.807, 2.05) is 6.07 Å². The number of nitrogens with zero attached hydrogens (tertiary/aromatic N) is 3. The summed E-state index contributed by atoms with van der Waals surface area (Å²) in [6, 6.07) is 11.0. The molecule has 4 rings (SSSR count). The highest BCUT2D eigenvalue weighted by Gasteiger charge is 2.20. The molecule has 1 aromatic carbocycles. The Morgan fingerprint density at radius 2 is 1.95 bits per heavy atom. The molecule has 2 aromatic rings. The molecule has 0 unspecified atom stereocenters. The van der Waals surface area contributed by atoms with Crippen molar-refractivity contribution in [2.75, 3.05) is 23.4 Å². The van der Waals surface area contributed by atoms with Gasteiger partial charge in [0.2, 0.25) is 0 Å². The van der Waals surface area contributed by atoms with Crippen molar-refractivity contribution in [3.63, 3.8) is 0 Å². The molecule has 1 atom stereocenters. The molecule has 0 bridgehead atoms. The largest absolute Gasteiger partial charge is 0.379 e. The predicted octanol–water partition coefficient (Wildman–Crippen LogP) is 2.59. The van der Waals surface area contributed by atoms with Gasteiger partial charge in [-0.2, -0.15) is 0 Å². The van der Waals surface area contributed by atoms with Crippen LogP contribution in [0.25, 0.3) is 0 Å². The lowest BCUT2D eigenvalue weighted by Crippen LogP contribution is -2.30. The third-order valence-corrected chi connectivity index (χ3v) is 4.33. The molecule has 2 aliphatic rings. The molecule has 0 radical (unpaired) electrons. The fourth-order valence-electron chi connectivity index (χ4n) is 3.16. The molecular formula is C17H20N4O. The highest BCUT2D eigenvalue weighted by atomic mass is 16.5. The van der Waals surface area contributed by atoms with Crippen molar-refractivity contribution >= 4 is 11.6 Å². The normalized spacial score (nSPS) is 20.7. The van der Waals surface area contributed by atoms with E-state index in [-0.39, 0.29) is 0 Å². The van der Waals surface area contributed by atoms with Crippen LogP contribution in [0.4, 0.5) is 11.6 Å². The van der Waals surface area contributed by atoms with E-state index < -0.39 is 0 Å². The lowest BCUT2D eigenvalue weighted by atomic mass is 10.1. The van der Waals surface area contributed by atoms with E-state index in [1.165, 1.54) is 11.1 Å². The monoisotopic (exact) mass is 296 g/mol. The molecule has 1 aromatic heterocycles. The van der Waals surface area contributed by atoms with Crippen molar-refractivity contribution in [1.29, 1.82) is 0 Å². The van der Waals surface area contributed by atoms with Crippen molar-refractivity contribution in [1.82, 2.24) is 9.97 Å². The van der Waals surface area contributed by atoms with Crippen molar-refractivity contribution < 1.29 is 4.74 Å². The summed E-state index contributed by atoms with van der Waals surface area (Å²) < 4.78 is 5.51. The second-order valence-electron chi connectivity index (χ2n) is 5.94. The van der Waals surface area contributed by atoms with Crippen LogP contribution in [0, 0.1) is 0 Å². The minimum Gasteiger partial charge on any atom is -0.379 e. The molecular weight excluding hydrogens is 276 g/mol. The van der Waals surface area contributed by atoms with Gasteiger partial charge in [-0.05, 0) is 24.0 Å². The number of ether oxygens (including phenoxy) is 1. The van der Waals surface area contributed by atoms with Gasteiger partial charge in [0.05, 0.1) is 12.6 Å². The highest BCUT2D eigenvalue weighted by molar-refractivity contribution is 5.52. The second kappa shape index (κ2) is 5.93. The summed E-state index contributed by atoms with van der Waals surface area (Å²) in [5.41, 5.74) is 2.77. The van der Waals surface area contributed by atoms with Crippen LogP contribution in [-0.2, 0) is 17.8 Å². The third-order valence-electron chi connectivity index (χ3n) is 4.33. The first-order chi connectivity index (χ1) is 10.9. The number of benzene rings is 1. The summed E-state index contributed by atoms with van der Waals surface area (Å²) in [4.78, 5) is 11.1. The quantitative estimate of drug-likeness (QED) is 0.943. The van der Waals surface area contributed by atoms with Crippen LogP contribution in [0.3, 0.4) is 0 Å². The molecule has 3 heterocycles. The third kappa shape index (κ3) is 2.76. The number of fused-ring (bicyclic) bond motifs is 1. The molecule has 0 saturated carbocycles. The zero-order valence-electron chi connectivity index (χ0n) is 12.5. The molecule has 1 fully saturated rings. The van der Waals surface area contributed by atoms with Gasteiger partial charge in [-0.1, -0.05) is 24.3 Å². The number of hydrogen-bond acceptors (Lipinski definition) is 5. The zero-order chi connectivity index (χ0) is 14.8. The van der Waals surface area contributed by atoms with Crippen molar-refractivity contribution in [3.8, 4) is 0 Å². The van der Waals surface area contributed by atoms with Gasteiger partial charge in [0.15, 0.2) is 0 Å². The maximum Gasteiger partial charge on any atom is 0.134 e. The molecule has 5 heteroatoms. The van der Waals surface area contributed by atoms with Crippen LogP contribution in [0.1, 0.15) is 24.0 Å². The van der Waals surface area contributed by atoms with Gasteiger partial charge in [0.1, 0.15) is 18.0 Å². The molecule has 1 N–H and O–H groups in total. The molecule has 1 saturated heterocycles. The van der Waals surface area contributed by atoms with Crippen molar-refractivity contribution in [2.24, 2.45) is 0 Å². The molecule has 22 heavy (non-hydrogen) atoms. The Balaban J connectivity index is 1.48. The average Bonchev–Trinajstić information content (AvgIpc) is 3.00. The Hall–Kier alpha value is -2.14. The SMILES string of the molecule is c1ccc2c(c1)CN(c1cc(N[C@@H]3CCCOC3)ncn1)C2. The predicted molar refractivity (Wildman–Crippen MR) is 85.8 cm³/mol. The molecule has 0 amide bonds. The van der Waals surface area contributed by atoms with E-state index in [1.54, 1.807) is 6.33 Å². The second-order valence-corrected chi connectivity index (χ2v) is 5.94. The molecule has 0 aliphatic carbocycles. The van der Waals surface area contributed by atoms with Crippen molar-refractivity contribution in [3.05, 3.63) is 47.8 Å². The maximum absolute atomic E-state index is 5.51. The summed E-state index contributed by atoms with van der Waals surface area (Å²) in [7, 11) is 0. The molecule has 0 spiro atoms. The Morgan fingerprint density at radius 3 is 2.68 bits per heavy atom. The van der Waals surface area contributed by atoms with Gasteiger partial charge in [-0.25, -0.2) is 9.97 Å². The Labute approximate surface area is 130 Å². The number of aromatic nitrogens is 2. The van der Waals surface area contributed by atoms with Gasteiger partial charge in [-0.3, -0.25) is 0 Å². The van der Waals surface area contributed by atoms with E-state index in [2.05, 4.69) is 44.5 Å². The minimum atomic E-state index is 0.354. The Morgan fingerprint density at radius 1 is 1.14 bits per heavy atom. The van der Waals surface area contributed by atoms with Gasteiger partial charge in [0, 0.05) is 25.8 Å². The average molecular weight is 296 g/mol. The lowest BCUT2D eigenvalue weighted by Gasteiger charge is -2.24. The Kier molecular flexibility index (Phi) is 3.64. The number of rotatable bonds is 3. The summed E-state index contributed by atoms with van der Waals surface area (Å²) in [6.07, 6.45) is 3.88. The fraction of sp³-hybridized carbons (Fsp3) is 0.412. The highest BCUT2D eigenvalue weighted by Crippen LogP contribution is 2.27. The fourth-order valence-corrected chi connectivity index (χ4v) is 3.16. The Bertz CT molecular complexity index is 630. The molecule has 2 aliphatic heterocycles. The summed E-state index contributed by atoms with van der Waals surface area (Å²) in [6.45, 7) is 3.46. The minimum absolute atomic E-state index is 0.354. The summed E-state index contributed by atoms with van der Waals surface area (Å²) in [5, 5.41) is 3.46. The van der Waals surface area contributed by atoms with Crippen LogP contribution >= 0.6 is 0 Å². The van der Waals surface area contributed by atoms with Crippen molar-refractivity contribution in [2.45, 2.75) is 32.0 Å². The van der Waals surface area contributed by atoms with E-state index in [0.717, 1.165) is 50.8 Å². The first-order valence-electron chi connectivity index (χ1n) is 7.86. The van der Waals surface area contributed by atoms with E-state index in [9.17, 15) is 0 Å². The summed E-state index contributed by atoms with van der Waals surface area (Å²) >= 11 is 0. The first-order valence-corrected chi connectivity index (χ1v) is 7.86. The van der Waals surface area contributed by atoms with Crippen LogP contribution < -0.4 is 10.2 Å². The lowest BCUT2D eigenvalue weighted by molar-refractivity contribution is 0.0875. The zero-order valence-corrected chi connectivity index (χ0v) is 12.5. The van der Waals surface area contributed by atoms with E-state index in [0.29, 0.717) is 6.04 Å². The smallest absolute Gasteiger partial charge is 0.134 e. The van der Waals surface area contributed by atoms with Crippen LogP contribution in [0.2, 0.25) is 0 Å². The number of hydrogen-bond donors (Lipinski definition) is 1. The summed E-state index contributed by atoms with van der Waals surface area (Å²) in [5.74, 6) is 1.86. The van der Waals surface area contributed by atoms with Gasteiger partial charge in [0.25, 0.3) is 0 Å². The maximum atomic E-state index is 5.51. The molecule has 5 nitrogen and oxygen atoms in total. The van der Waals surface area contributed by atoms with Gasteiger partial charge >= 0.3 is 0 Å².